The summed E-state index contributed by atoms with van der Waals surface area (Å²) in [5, 5.41) is 2.80. The number of sulfonamides is 1. The molecule has 26 heavy (non-hydrogen) atoms. The van der Waals surface area contributed by atoms with E-state index in [0.29, 0.717) is 11.4 Å². The molecule has 0 aromatic heterocycles. The molecule has 0 bridgehead atoms. The highest BCUT2D eigenvalue weighted by Crippen LogP contribution is 2.24. The van der Waals surface area contributed by atoms with Gasteiger partial charge in [0.15, 0.2) is 0 Å². The van der Waals surface area contributed by atoms with Gasteiger partial charge >= 0.3 is 0 Å². The molecule has 2 aromatic rings. The maximum absolute atomic E-state index is 12.6. The van der Waals surface area contributed by atoms with E-state index in [2.05, 4.69) is 5.32 Å². The molecule has 1 N–H and O–H groups in total. The fourth-order valence-electron chi connectivity index (χ4n) is 2.52. The molecule has 140 valence electrons. The molecule has 0 aliphatic carbocycles. The lowest BCUT2D eigenvalue weighted by molar-refractivity contribution is -0.116. The Balaban J connectivity index is 2.10. The number of ether oxygens (including phenoxy) is 1. The Labute approximate surface area is 154 Å². The molecule has 6 nitrogen and oxygen atoms in total. The zero-order valence-electron chi connectivity index (χ0n) is 15.4. The smallest absolute Gasteiger partial charge is 0.243 e. The van der Waals surface area contributed by atoms with Gasteiger partial charge in [-0.1, -0.05) is 32.0 Å². The van der Waals surface area contributed by atoms with Crippen molar-refractivity contribution < 1.29 is 17.9 Å². The van der Waals surface area contributed by atoms with E-state index in [1.807, 2.05) is 38.1 Å². The van der Waals surface area contributed by atoms with Gasteiger partial charge in [-0.2, -0.15) is 4.31 Å². The van der Waals surface area contributed by atoms with E-state index in [9.17, 15) is 13.2 Å². The second kappa shape index (κ2) is 8.33. The van der Waals surface area contributed by atoms with Gasteiger partial charge in [0.25, 0.3) is 0 Å². The highest BCUT2D eigenvalue weighted by atomic mass is 32.2. The summed E-state index contributed by atoms with van der Waals surface area (Å²) >= 11 is 0. The molecule has 0 aliphatic heterocycles. The van der Waals surface area contributed by atoms with Gasteiger partial charge in [-0.3, -0.25) is 4.79 Å². The molecule has 0 fully saturated rings. The zero-order chi connectivity index (χ0) is 19.3. The first-order chi connectivity index (χ1) is 12.3. The van der Waals surface area contributed by atoms with Crippen LogP contribution in [0.5, 0.6) is 5.75 Å². The minimum atomic E-state index is -3.76. The van der Waals surface area contributed by atoms with Crippen LogP contribution in [-0.4, -0.2) is 39.3 Å². The highest BCUT2D eigenvalue weighted by Gasteiger charge is 2.23. The number of carbonyl (C=O) groups is 1. The summed E-state index contributed by atoms with van der Waals surface area (Å²) in [5.74, 6) is 0.416. The van der Waals surface area contributed by atoms with Crippen LogP contribution in [-0.2, 0) is 14.8 Å². The molecule has 2 rings (SSSR count). The third kappa shape index (κ3) is 4.62. The minimum Gasteiger partial charge on any atom is -0.497 e. The number of benzene rings is 2. The lowest BCUT2D eigenvalue weighted by atomic mass is 10.0. The molecule has 0 aliphatic rings. The second-order valence-corrected chi connectivity index (χ2v) is 8.27. The molecule has 0 heterocycles. The van der Waals surface area contributed by atoms with Gasteiger partial charge in [0.2, 0.25) is 15.9 Å². The first-order valence-corrected chi connectivity index (χ1v) is 9.69. The number of hydrogen-bond acceptors (Lipinski definition) is 4. The van der Waals surface area contributed by atoms with Gasteiger partial charge in [0.05, 0.1) is 18.6 Å². The number of likely N-dealkylation sites (N-methyl/N-ethyl adjacent to an activating group) is 1. The summed E-state index contributed by atoms with van der Waals surface area (Å²) in [6.45, 7) is 3.79. The zero-order valence-corrected chi connectivity index (χ0v) is 16.2. The summed E-state index contributed by atoms with van der Waals surface area (Å²) in [6.07, 6.45) is 0. The monoisotopic (exact) mass is 376 g/mol. The maximum Gasteiger partial charge on any atom is 0.243 e. The first-order valence-electron chi connectivity index (χ1n) is 8.25. The van der Waals surface area contributed by atoms with Crippen LogP contribution in [0.2, 0.25) is 0 Å². The van der Waals surface area contributed by atoms with Crippen LogP contribution in [0.3, 0.4) is 0 Å². The van der Waals surface area contributed by atoms with E-state index in [1.165, 1.54) is 26.3 Å². The second-order valence-electron chi connectivity index (χ2n) is 6.23. The molecule has 0 spiro atoms. The average molecular weight is 376 g/mol. The van der Waals surface area contributed by atoms with Gasteiger partial charge < -0.3 is 10.1 Å². The van der Waals surface area contributed by atoms with Crippen molar-refractivity contribution in [1.29, 1.82) is 0 Å². The third-order valence-corrected chi connectivity index (χ3v) is 5.81. The fraction of sp³-hybridized carbons (Fsp3) is 0.316. The molecule has 1 amide bonds. The van der Waals surface area contributed by atoms with E-state index in [4.69, 9.17) is 4.74 Å². The number of amides is 1. The van der Waals surface area contributed by atoms with Gasteiger partial charge in [-0.05, 0) is 41.8 Å². The fourth-order valence-corrected chi connectivity index (χ4v) is 3.65. The van der Waals surface area contributed by atoms with Crippen LogP contribution in [0, 0.1) is 0 Å². The summed E-state index contributed by atoms with van der Waals surface area (Å²) in [5.41, 5.74) is 1.70. The summed E-state index contributed by atoms with van der Waals surface area (Å²) < 4.78 is 31.3. The standard InChI is InChI=1S/C19H24N2O4S/c1-14(2)17-7-5-6-8-18(17)20-19(22)13-21(3)26(23,24)16-11-9-15(25-4)10-12-16/h5-12,14H,13H2,1-4H3,(H,20,22). The summed E-state index contributed by atoms with van der Waals surface area (Å²) in [7, 11) is -0.869. The van der Waals surface area contributed by atoms with Crippen LogP contribution in [0.1, 0.15) is 25.3 Å². The van der Waals surface area contributed by atoms with E-state index < -0.39 is 15.9 Å². The average Bonchev–Trinajstić information content (AvgIpc) is 2.61. The van der Waals surface area contributed by atoms with Crippen molar-refractivity contribution in [3.05, 3.63) is 54.1 Å². The number of hydrogen-bond donors (Lipinski definition) is 1. The minimum absolute atomic E-state index is 0.108. The van der Waals surface area contributed by atoms with Gasteiger partial charge in [0, 0.05) is 12.7 Å². The summed E-state index contributed by atoms with van der Waals surface area (Å²) in [6, 6.07) is 13.5. The quantitative estimate of drug-likeness (QED) is 0.806. The molecule has 0 unspecified atom stereocenters. The predicted octanol–water partition coefficient (Wildman–Crippen LogP) is 3.08. The molecular formula is C19H24N2O4S. The number of rotatable bonds is 7. The Morgan fingerprint density at radius 1 is 1.12 bits per heavy atom. The Hall–Kier alpha value is -2.38. The van der Waals surface area contributed by atoms with Crippen molar-refractivity contribution in [2.75, 3.05) is 26.0 Å². The van der Waals surface area contributed by atoms with Crippen molar-refractivity contribution in [2.45, 2.75) is 24.7 Å². The Morgan fingerprint density at radius 2 is 1.73 bits per heavy atom. The SMILES string of the molecule is COc1ccc(S(=O)(=O)N(C)CC(=O)Nc2ccccc2C(C)C)cc1. The van der Waals surface area contributed by atoms with Crippen LogP contribution in [0.4, 0.5) is 5.69 Å². The number of carbonyl (C=O) groups excluding carboxylic acids is 1. The number of nitrogens with one attached hydrogen (secondary N) is 1. The molecular weight excluding hydrogens is 352 g/mol. The van der Waals surface area contributed by atoms with Crippen molar-refractivity contribution >= 4 is 21.6 Å². The number of anilines is 1. The predicted molar refractivity (Wildman–Crippen MR) is 102 cm³/mol. The van der Waals surface area contributed by atoms with E-state index in [-0.39, 0.29) is 17.4 Å². The number of para-hydroxylation sites is 1. The van der Waals surface area contributed by atoms with Gasteiger partial charge in [-0.15, -0.1) is 0 Å². The van der Waals surface area contributed by atoms with E-state index in [1.54, 1.807) is 12.1 Å². The largest absolute Gasteiger partial charge is 0.497 e. The maximum atomic E-state index is 12.6. The van der Waals surface area contributed by atoms with Crippen LogP contribution < -0.4 is 10.1 Å². The third-order valence-electron chi connectivity index (χ3n) is 3.99. The molecule has 0 saturated heterocycles. The first kappa shape index (κ1) is 19.9. The Morgan fingerprint density at radius 3 is 2.31 bits per heavy atom. The Kier molecular flexibility index (Phi) is 6.39. The highest BCUT2D eigenvalue weighted by molar-refractivity contribution is 7.89. The molecule has 0 radical (unpaired) electrons. The lowest BCUT2D eigenvalue weighted by Crippen LogP contribution is -2.35. The lowest BCUT2D eigenvalue weighted by Gasteiger charge is -2.18. The molecule has 7 heteroatoms. The molecule has 0 atom stereocenters. The van der Waals surface area contributed by atoms with Crippen LogP contribution in [0.25, 0.3) is 0 Å². The summed E-state index contributed by atoms with van der Waals surface area (Å²) in [4.78, 5) is 12.4. The van der Waals surface area contributed by atoms with Crippen molar-refractivity contribution in [3.63, 3.8) is 0 Å². The van der Waals surface area contributed by atoms with Crippen molar-refractivity contribution in [3.8, 4) is 5.75 Å². The van der Waals surface area contributed by atoms with E-state index >= 15 is 0 Å². The van der Waals surface area contributed by atoms with Gasteiger partial charge in [0.1, 0.15) is 5.75 Å². The van der Waals surface area contributed by atoms with Crippen LogP contribution in [0.15, 0.2) is 53.4 Å². The molecule has 0 saturated carbocycles. The number of methoxy groups -OCH3 is 1. The Bertz CT molecular complexity index is 861. The van der Waals surface area contributed by atoms with Gasteiger partial charge in [-0.25, -0.2) is 8.42 Å². The topological polar surface area (TPSA) is 75.7 Å². The van der Waals surface area contributed by atoms with Crippen molar-refractivity contribution in [1.82, 2.24) is 4.31 Å². The van der Waals surface area contributed by atoms with Crippen molar-refractivity contribution in [2.24, 2.45) is 0 Å². The van der Waals surface area contributed by atoms with Crippen LogP contribution >= 0.6 is 0 Å². The number of nitrogens with zero attached hydrogens (tertiary/aromatic N) is 1. The van der Waals surface area contributed by atoms with E-state index in [0.717, 1.165) is 9.87 Å². The molecule has 2 aromatic carbocycles. The normalized spacial score (nSPS) is 11.6.